The standard InChI is InChI=1S/C58H57N5O/c1-36(2)53-52(38-19-12-11-13-20-38)54(37(3)4)63(60-53)40-21-16-22-41(33-40)64-42-29-30-44-43-23-14-15-28-49(43)62(50(44)35-42)51-34-39(31-32-59-51)61-55-45(24-17-26-47(55)57(5,6)7)46-25-18-27-48(56(46)61)58(8,9)10/h11-37H,1-10H3. The number of hydrogen-bond acceptors (Lipinski definition) is 3. The predicted molar refractivity (Wildman–Crippen MR) is 268 cm³/mol. The number of nitrogens with zero attached hydrogens (tertiary/aromatic N) is 5. The Morgan fingerprint density at radius 1 is 0.500 bits per heavy atom. The molecule has 0 saturated heterocycles. The number of aromatic nitrogens is 5. The molecule has 64 heavy (non-hydrogen) atoms. The Morgan fingerprint density at radius 3 is 1.77 bits per heavy atom. The van der Waals surface area contributed by atoms with Crippen LogP contribution in [0.3, 0.4) is 0 Å². The third-order valence-corrected chi connectivity index (χ3v) is 12.7. The van der Waals surface area contributed by atoms with Gasteiger partial charge in [0.05, 0.1) is 44.8 Å². The molecular formula is C58H57N5O. The summed E-state index contributed by atoms with van der Waals surface area (Å²) < 4.78 is 13.7. The Morgan fingerprint density at radius 2 is 1.11 bits per heavy atom. The summed E-state index contributed by atoms with van der Waals surface area (Å²) in [6.07, 6.45) is 1.96. The lowest BCUT2D eigenvalue weighted by molar-refractivity contribution is 0.482. The summed E-state index contributed by atoms with van der Waals surface area (Å²) >= 11 is 0. The van der Waals surface area contributed by atoms with Gasteiger partial charge >= 0.3 is 0 Å². The van der Waals surface area contributed by atoms with Crippen LogP contribution in [0.5, 0.6) is 11.5 Å². The molecule has 4 heterocycles. The zero-order chi connectivity index (χ0) is 44.7. The summed E-state index contributed by atoms with van der Waals surface area (Å²) in [5.41, 5.74) is 13.8. The molecule has 0 amide bonds. The Bertz CT molecular complexity index is 3310. The summed E-state index contributed by atoms with van der Waals surface area (Å²) in [6, 6.07) is 52.0. The number of pyridine rings is 1. The number of hydrogen-bond donors (Lipinski definition) is 0. The zero-order valence-electron chi connectivity index (χ0n) is 38.7. The molecule has 6 aromatic carbocycles. The second kappa shape index (κ2) is 15.4. The lowest BCUT2D eigenvalue weighted by Crippen LogP contribution is -2.15. The summed E-state index contributed by atoms with van der Waals surface area (Å²) in [7, 11) is 0. The van der Waals surface area contributed by atoms with E-state index in [1.54, 1.807) is 0 Å². The first-order chi connectivity index (χ1) is 30.7. The molecular weight excluding hydrogens is 783 g/mol. The molecule has 6 nitrogen and oxygen atoms in total. The number of benzene rings is 6. The van der Waals surface area contributed by atoms with Gasteiger partial charge in [-0.05, 0) is 75.8 Å². The van der Waals surface area contributed by atoms with Crippen LogP contribution in [0, 0.1) is 0 Å². The molecule has 0 spiro atoms. The minimum absolute atomic E-state index is 0.0800. The van der Waals surface area contributed by atoms with Gasteiger partial charge in [-0.15, -0.1) is 0 Å². The first-order valence-electron chi connectivity index (χ1n) is 22.7. The van der Waals surface area contributed by atoms with E-state index in [1.807, 2.05) is 12.3 Å². The average Bonchev–Trinajstić information content (AvgIpc) is 3.95. The quantitative estimate of drug-likeness (QED) is 0.153. The molecule has 0 fully saturated rings. The van der Waals surface area contributed by atoms with E-state index >= 15 is 0 Å². The van der Waals surface area contributed by atoms with Crippen molar-refractivity contribution in [2.75, 3.05) is 0 Å². The summed E-state index contributed by atoms with van der Waals surface area (Å²) in [4.78, 5) is 5.12. The minimum atomic E-state index is -0.0800. The smallest absolute Gasteiger partial charge is 0.139 e. The van der Waals surface area contributed by atoms with E-state index in [0.29, 0.717) is 0 Å². The van der Waals surface area contributed by atoms with Gasteiger partial charge in [0.1, 0.15) is 17.3 Å². The third-order valence-electron chi connectivity index (χ3n) is 12.7. The maximum Gasteiger partial charge on any atom is 0.139 e. The molecule has 0 N–H and O–H groups in total. The van der Waals surface area contributed by atoms with Gasteiger partial charge in [-0.2, -0.15) is 5.10 Å². The Kier molecular flexibility index (Phi) is 9.90. The third kappa shape index (κ3) is 6.87. The molecule has 320 valence electrons. The van der Waals surface area contributed by atoms with Gasteiger partial charge in [-0.1, -0.05) is 160 Å². The first-order valence-corrected chi connectivity index (χ1v) is 22.7. The van der Waals surface area contributed by atoms with Crippen molar-refractivity contribution in [3.05, 3.63) is 174 Å². The molecule has 0 unspecified atom stereocenters. The lowest BCUT2D eigenvalue weighted by Gasteiger charge is -2.24. The fourth-order valence-electron chi connectivity index (χ4n) is 9.81. The minimum Gasteiger partial charge on any atom is -0.457 e. The van der Waals surface area contributed by atoms with Gasteiger partial charge < -0.3 is 9.30 Å². The van der Waals surface area contributed by atoms with Gasteiger partial charge in [0.15, 0.2) is 0 Å². The average molecular weight is 840 g/mol. The van der Waals surface area contributed by atoms with Gasteiger partial charge in [0.2, 0.25) is 0 Å². The Hall–Kier alpha value is -6.92. The number of para-hydroxylation sites is 3. The van der Waals surface area contributed by atoms with Crippen molar-refractivity contribution in [1.82, 2.24) is 23.9 Å². The second-order valence-corrected chi connectivity index (χ2v) is 20.0. The number of fused-ring (bicyclic) bond motifs is 6. The van der Waals surface area contributed by atoms with Crippen LogP contribution < -0.4 is 4.74 Å². The Labute approximate surface area is 376 Å². The molecule has 0 saturated carbocycles. The summed E-state index contributed by atoms with van der Waals surface area (Å²) in [5.74, 6) is 2.83. The van der Waals surface area contributed by atoms with Crippen molar-refractivity contribution in [2.24, 2.45) is 0 Å². The highest BCUT2D eigenvalue weighted by molar-refractivity contribution is 6.12. The van der Waals surface area contributed by atoms with Crippen LogP contribution in [0.2, 0.25) is 0 Å². The van der Waals surface area contributed by atoms with Crippen LogP contribution in [0.25, 0.3) is 71.9 Å². The Balaban J connectivity index is 1.12. The predicted octanol–water partition coefficient (Wildman–Crippen LogP) is 15.8. The molecule has 0 bridgehead atoms. The van der Waals surface area contributed by atoms with Crippen molar-refractivity contribution in [3.63, 3.8) is 0 Å². The van der Waals surface area contributed by atoms with Crippen molar-refractivity contribution in [3.8, 4) is 39.8 Å². The molecule has 0 radical (unpaired) electrons. The number of ether oxygens (including phenoxy) is 1. The highest BCUT2D eigenvalue weighted by Gasteiger charge is 2.28. The molecule has 6 heteroatoms. The van der Waals surface area contributed by atoms with Crippen molar-refractivity contribution in [1.29, 1.82) is 0 Å². The fraction of sp³-hybridized carbons (Fsp3) is 0.241. The second-order valence-electron chi connectivity index (χ2n) is 20.0. The van der Waals surface area contributed by atoms with Crippen molar-refractivity contribution < 1.29 is 4.74 Å². The van der Waals surface area contributed by atoms with Crippen LogP contribution in [0.1, 0.15) is 104 Å². The molecule has 10 aromatic rings. The van der Waals surface area contributed by atoms with Crippen LogP contribution in [-0.4, -0.2) is 23.9 Å². The maximum absolute atomic E-state index is 6.80. The molecule has 4 aromatic heterocycles. The van der Waals surface area contributed by atoms with Crippen molar-refractivity contribution in [2.45, 2.75) is 91.9 Å². The topological polar surface area (TPSA) is 49.8 Å². The van der Waals surface area contributed by atoms with Crippen LogP contribution in [0.4, 0.5) is 0 Å². The van der Waals surface area contributed by atoms with E-state index in [-0.39, 0.29) is 22.7 Å². The zero-order valence-corrected chi connectivity index (χ0v) is 38.7. The van der Waals surface area contributed by atoms with E-state index in [9.17, 15) is 0 Å². The molecule has 0 aliphatic rings. The van der Waals surface area contributed by atoms with Gasteiger partial charge in [0, 0.05) is 51.5 Å². The first kappa shape index (κ1) is 41.1. The van der Waals surface area contributed by atoms with Gasteiger partial charge in [-0.3, -0.25) is 4.57 Å². The van der Waals surface area contributed by atoms with E-state index in [4.69, 9.17) is 14.8 Å². The highest BCUT2D eigenvalue weighted by atomic mass is 16.5. The summed E-state index contributed by atoms with van der Waals surface area (Å²) in [5, 5.41) is 10.1. The van der Waals surface area contributed by atoms with Crippen LogP contribution in [0.15, 0.2) is 152 Å². The summed E-state index contributed by atoms with van der Waals surface area (Å²) in [6.45, 7) is 22.8. The molecule has 10 rings (SSSR count). The van der Waals surface area contributed by atoms with Gasteiger partial charge in [-0.25, -0.2) is 9.67 Å². The molecule has 0 atom stereocenters. The maximum atomic E-state index is 6.80. The molecule has 0 aliphatic carbocycles. The monoisotopic (exact) mass is 839 g/mol. The van der Waals surface area contributed by atoms with E-state index in [1.165, 1.54) is 49.8 Å². The fourth-order valence-corrected chi connectivity index (χ4v) is 9.81. The van der Waals surface area contributed by atoms with Crippen LogP contribution in [-0.2, 0) is 10.8 Å². The van der Waals surface area contributed by atoms with Gasteiger partial charge in [0.25, 0.3) is 0 Å². The van der Waals surface area contributed by atoms with E-state index in [2.05, 4.69) is 223 Å². The number of rotatable bonds is 8. The van der Waals surface area contributed by atoms with Crippen molar-refractivity contribution >= 4 is 43.6 Å². The lowest BCUT2D eigenvalue weighted by atomic mass is 9.85. The van der Waals surface area contributed by atoms with Crippen LogP contribution >= 0.6 is 0 Å². The SMILES string of the molecule is CC(C)c1nn(-c2cccc(Oc3ccc4c5ccccc5n(-c5cc(-n6c7c(C(C)(C)C)cccc7c7cccc(C(C)(C)C)c76)ccn5)c4c3)c2)c(C(C)C)c1-c1ccccc1. The largest absolute Gasteiger partial charge is 0.457 e. The van der Waals surface area contributed by atoms with E-state index in [0.717, 1.165) is 56.2 Å². The van der Waals surface area contributed by atoms with E-state index < -0.39 is 0 Å². The normalized spacial score (nSPS) is 12.5. The molecule has 0 aliphatic heterocycles. The highest BCUT2D eigenvalue weighted by Crippen LogP contribution is 2.43.